The third kappa shape index (κ3) is 3.55. The summed E-state index contributed by atoms with van der Waals surface area (Å²) < 4.78 is 2.04. The number of aliphatic imine (C=N–C) groups is 1. The quantitative estimate of drug-likeness (QED) is 0.483. The maximum atomic E-state index is 4.64. The van der Waals surface area contributed by atoms with Crippen LogP contribution in [0.25, 0.3) is 5.65 Å². The molecule has 0 radical (unpaired) electrons. The first kappa shape index (κ1) is 14.8. The Morgan fingerprint density at radius 3 is 3.05 bits per heavy atom. The summed E-state index contributed by atoms with van der Waals surface area (Å²) in [5.41, 5.74) is 0.902. The van der Waals surface area contributed by atoms with Crippen molar-refractivity contribution >= 4 is 11.6 Å². The number of nitrogens with one attached hydrogen (secondary N) is 2. The minimum atomic E-state index is 0.596. The zero-order valence-corrected chi connectivity index (χ0v) is 13.3. The van der Waals surface area contributed by atoms with Gasteiger partial charge in [0.05, 0.1) is 0 Å². The molecule has 2 heterocycles. The van der Waals surface area contributed by atoms with Gasteiger partial charge in [-0.15, -0.1) is 10.2 Å². The monoisotopic (exact) mass is 300 g/mol. The Labute approximate surface area is 131 Å². The number of pyridine rings is 1. The van der Waals surface area contributed by atoms with Gasteiger partial charge in [-0.3, -0.25) is 9.39 Å². The van der Waals surface area contributed by atoms with Crippen LogP contribution < -0.4 is 10.6 Å². The fraction of sp³-hybridized carbons (Fsp3) is 0.562. The fourth-order valence-electron chi connectivity index (χ4n) is 2.51. The van der Waals surface area contributed by atoms with Gasteiger partial charge in [-0.1, -0.05) is 13.0 Å². The second kappa shape index (κ2) is 6.77. The normalized spacial score (nSPS) is 21.1. The first-order valence-corrected chi connectivity index (χ1v) is 8.11. The van der Waals surface area contributed by atoms with Crippen LogP contribution in [0, 0.1) is 5.92 Å². The highest BCUT2D eigenvalue weighted by Crippen LogP contribution is 2.28. The van der Waals surface area contributed by atoms with Crippen molar-refractivity contribution in [3.63, 3.8) is 0 Å². The van der Waals surface area contributed by atoms with Crippen LogP contribution in [0.15, 0.2) is 29.4 Å². The molecule has 22 heavy (non-hydrogen) atoms. The molecule has 1 fully saturated rings. The molecule has 2 atom stereocenters. The average molecular weight is 300 g/mol. The highest BCUT2D eigenvalue weighted by molar-refractivity contribution is 5.80. The number of fused-ring (bicyclic) bond motifs is 1. The molecule has 1 aliphatic rings. The molecular formula is C16H24N6. The van der Waals surface area contributed by atoms with Crippen LogP contribution >= 0.6 is 0 Å². The van der Waals surface area contributed by atoms with Crippen LogP contribution in [0.1, 0.15) is 32.5 Å². The Balaban J connectivity index is 1.51. The summed E-state index contributed by atoms with van der Waals surface area (Å²) in [6, 6.07) is 6.55. The number of aryl methyl sites for hydroxylation is 1. The van der Waals surface area contributed by atoms with E-state index in [9.17, 15) is 0 Å². The summed E-state index contributed by atoms with van der Waals surface area (Å²) in [6.45, 7) is 6.04. The highest BCUT2D eigenvalue weighted by atomic mass is 15.2. The summed E-state index contributed by atoms with van der Waals surface area (Å²) in [7, 11) is 0. The van der Waals surface area contributed by atoms with E-state index in [0.717, 1.165) is 49.3 Å². The zero-order valence-electron chi connectivity index (χ0n) is 13.3. The molecular weight excluding hydrogens is 276 g/mol. The van der Waals surface area contributed by atoms with Gasteiger partial charge in [-0.2, -0.15) is 0 Å². The summed E-state index contributed by atoms with van der Waals surface area (Å²) in [5, 5.41) is 15.2. The van der Waals surface area contributed by atoms with Gasteiger partial charge < -0.3 is 10.6 Å². The van der Waals surface area contributed by atoms with Gasteiger partial charge in [0.25, 0.3) is 0 Å². The van der Waals surface area contributed by atoms with E-state index in [-0.39, 0.29) is 0 Å². The van der Waals surface area contributed by atoms with Crippen molar-refractivity contribution in [1.29, 1.82) is 0 Å². The summed E-state index contributed by atoms with van der Waals surface area (Å²) in [4.78, 5) is 4.64. The molecule has 6 nitrogen and oxygen atoms in total. The molecule has 0 amide bonds. The standard InChI is InChI=1S/C16H24N6/c1-3-17-16(19-13-11-12(13)2)18-9-6-8-15-21-20-14-7-4-5-10-22(14)15/h4-5,7,10,12-13H,3,6,8-9,11H2,1-2H3,(H2,17,18,19). The number of hydrogen-bond donors (Lipinski definition) is 2. The van der Waals surface area contributed by atoms with Gasteiger partial charge in [0.2, 0.25) is 0 Å². The average Bonchev–Trinajstić information content (AvgIpc) is 3.07. The largest absolute Gasteiger partial charge is 0.357 e. The van der Waals surface area contributed by atoms with Crippen molar-refractivity contribution in [1.82, 2.24) is 25.2 Å². The minimum absolute atomic E-state index is 0.596. The molecule has 0 aliphatic heterocycles. The van der Waals surface area contributed by atoms with Crippen molar-refractivity contribution < 1.29 is 0 Å². The van der Waals surface area contributed by atoms with Gasteiger partial charge in [0, 0.05) is 31.7 Å². The molecule has 2 unspecified atom stereocenters. The highest BCUT2D eigenvalue weighted by Gasteiger charge is 2.33. The maximum Gasteiger partial charge on any atom is 0.191 e. The Kier molecular flexibility index (Phi) is 4.56. The first-order valence-electron chi connectivity index (χ1n) is 8.11. The molecule has 118 valence electrons. The lowest BCUT2D eigenvalue weighted by molar-refractivity contribution is 0.739. The van der Waals surface area contributed by atoms with E-state index >= 15 is 0 Å². The topological polar surface area (TPSA) is 66.6 Å². The maximum absolute atomic E-state index is 4.64. The van der Waals surface area contributed by atoms with E-state index in [1.807, 2.05) is 28.8 Å². The van der Waals surface area contributed by atoms with Crippen LogP contribution in [-0.2, 0) is 6.42 Å². The number of nitrogens with zero attached hydrogens (tertiary/aromatic N) is 4. The van der Waals surface area contributed by atoms with Gasteiger partial charge >= 0.3 is 0 Å². The smallest absolute Gasteiger partial charge is 0.191 e. The van der Waals surface area contributed by atoms with E-state index in [4.69, 9.17) is 0 Å². The van der Waals surface area contributed by atoms with Gasteiger partial charge in [0.15, 0.2) is 11.6 Å². The van der Waals surface area contributed by atoms with Gasteiger partial charge in [-0.25, -0.2) is 0 Å². The van der Waals surface area contributed by atoms with Crippen LogP contribution in [-0.4, -0.2) is 39.7 Å². The SMILES string of the molecule is CCNC(=NCCCc1nnc2ccccn12)NC1CC1C. The number of aromatic nitrogens is 3. The molecule has 0 spiro atoms. The number of guanidine groups is 1. The molecule has 6 heteroatoms. The van der Waals surface area contributed by atoms with E-state index in [2.05, 4.69) is 39.7 Å². The van der Waals surface area contributed by atoms with E-state index in [1.54, 1.807) is 0 Å². The Hall–Kier alpha value is -2.11. The van der Waals surface area contributed by atoms with E-state index in [0.29, 0.717) is 6.04 Å². The van der Waals surface area contributed by atoms with Crippen molar-refractivity contribution in [3.8, 4) is 0 Å². The van der Waals surface area contributed by atoms with Crippen LogP contribution in [0.2, 0.25) is 0 Å². The van der Waals surface area contributed by atoms with Gasteiger partial charge in [0.1, 0.15) is 5.82 Å². The molecule has 0 bridgehead atoms. The lowest BCUT2D eigenvalue weighted by Gasteiger charge is -2.10. The van der Waals surface area contributed by atoms with Crippen molar-refractivity contribution in [2.24, 2.45) is 10.9 Å². The number of hydrogen-bond acceptors (Lipinski definition) is 3. The molecule has 3 rings (SSSR count). The van der Waals surface area contributed by atoms with Crippen molar-refractivity contribution in [2.75, 3.05) is 13.1 Å². The summed E-state index contributed by atoms with van der Waals surface area (Å²) >= 11 is 0. The Bertz CT molecular complexity index is 647. The molecule has 0 aromatic carbocycles. The van der Waals surface area contributed by atoms with Crippen LogP contribution in [0.3, 0.4) is 0 Å². The molecule has 2 aromatic heterocycles. The van der Waals surface area contributed by atoms with Crippen molar-refractivity contribution in [2.45, 2.75) is 39.2 Å². The van der Waals surface area contributed by atoms with Gasteiger partial charge in [-0.05, 0) is 37.8 Å². The summed E-state index contributed by atoms with van der Waals surface area (Å²) in [5.74, 6) is 2.70. The predicted octanol–water partition coefficient (Wildman–Crippen LogP) is 1.63. The van der Waals surface area contributed by atoms with Crippen LogP contribution in [0.4, 0.5) is 0 Å². The zero-order chi connectivity index (χ0) is 15.4. The molecule has 1 saturated carbocycles. The Morgan fingerprint density at radius 1 is 1.41 bits per heavy atom. The van der Waals surface area contributed by atoms with Crippen molar-refractivity contribution in [3.05, 3.63) is 30.2 Å². The molecule has 0 saturated heterocycles. The Morgan fingerprint density at radius 2 is 2.27 bits per heavy atom. The third-order valence-corrected chi connectivity index (χ3v) is 3.99. The van der Waals surface area contributed by atoms with E-state index in [1.165, 1.54) is 6.42 Å². The third-order valence-electron chi connectivity index (χ3n) is 3.99. The van der Waals surface area contributed by atoms with Crippen LogP contribution in [0.5, 0.6) is 0 Å². The second-order valence-electron chi connectivity index (χ2n) is 5.87. The number of rotatable bonds is 6. The first-order chi connectivity index (χ1) is 10.8. The summed E-state index contributed by atoms with van der Waals surface area (Å²) in [6.07, 6.45) is 5.10. The lowest BCUT2D eigenvalue weighted by atomic mass is 10.3. The molecule has 2 N–H and O–H groups in total. The van der Waals surface area contributed by atoms with E-state index < -0.39 is 0 Å². The predicted molar refractivity (Wildman–Crippen MR) is 88.0 cm³/mol. The minimum Gasteiger partial charge on any atom is -0.357 e. The lowest BCUT2D eigenvalue weighted by Crippen LogP contribution is -2.39. The fourth-order valence-corrected chi connectivity index (χ4v) is 2.51. The second-order valence-corrected chi connectivity index (χ2v) is 5.87. The molecule has 1 aliphatic carbocycles. The molecule has 2 aromatic rings.